The molecule has 3 aromatic rings. The Hall–Kier alpha value is -3.41. The van der Waals surface area contributed by atoms with E-state index in [9.17, 15) is 9.90 Å². The number of aromatic nitrogens is 2. The van der Waals surface area contributed by atoms with E-state index in [0.717, 1.165) is 22.3 Å². The highest BCUT2D eigenvalue weighted by Gasteiger charge is 2.28. The van der Waals surface area contributed by atoms with E-state index in [1.54, 1.807) is 24.5 Å². The summed E-state index contributed by atoms with van der Waals surface area (Å²) in [4.78, 5) is 21.1. The van der Waals surface area contributed by atoms with Gasteiger partial charge in [0.25, 0.3) is 0 Å². The van der Waals surface area contributed by atoms with Gasteiger partial charge >= 0.3 is 0 Å². The van der Waals surface area contributed by atoms with Gasteiger partial charge < -0.3 is 15.2 Å². The fourth-order valence-corrected chi connectivity index (χ4v) is 3.39. The SMILES string of the molecule is COc1cc2c(cc1O)C(c1cnc(-c3cccc(C)c3)nc1)CC(=O)N2. The van der Waals surface area contributed by atoms with Crippen molar-refractivity contribution in [3.63, 3.8) is 0 Å². The van der Waals surface area contributed by atoms with E-state index in [4.69, 9.17) is 4.74 Å². The Labute approximate surface area is 156 Å². The van der Waals surface area contributed by atoms with Gasteiger partial charge in [-0.2, -0.15) is 0 Å². The van der Waals surface area contributed by atoms with Gasteiger partial charge in [-0.3, -0.25) is 4.79 Å². The summed E-state index contributed by atoms with van der Waals surface area (Å²) < 4.78 is 5.14. The maximum absolute atomic E-state index is 12.2. The first-order valence-electron chi connectivity index (χ1n) is 8.65. The molecule has 1 unspecified atom stereocenters. The van der Waals surface area contributed by atoms with Crippen LogP contribution in [0.4, 0.5) is 5.69 Å². The highest BCUT2D eigenvalue weighted by molar-refractivity contribution is 5.96. The van der Waals surface area contributed by atoms with Crippen molar-refractivity contribution >= 4 is 11.6 Å². The molecule has 1 amide bonds. The lowest BCUT2D eigenvalue weighted by atomic mass is 9.86. The van der Waals surface area contributed by atoms with Crippen molar-refractivity contribution in [2.24, 2.45) is 0 Å². The number of aromatic hydroxyl groups is 1. The van der Waals surface area contributed by atoms with Crippen LogP contribution in [-0.4, -0.2) is 28.1 Å². The maximum Gasteiger partial charge on any atom is 0.225 e. The van der Waals surface area contributed by atoms with Crippen LogP contribution in [0, 0.1) is 6.92 Å². The number of benzene rings is 2. The first-order chi connectivity index (χ1) is 13.0. The minimum absolute atomic E-state index is 0.0368. The third kappa shape index (κ3) is 3.21. The van der Waals surface area contributed by atoms with E-state index in [1.165, 1.54) is 7.11 Å². The summed E-state index contributed by atoms with van der Waals surface area (Å²) in [6.45, 7) is 2.02. The van der Waals surface area contributed by atoms with Crippen molar-refractivity contribution in [1.29, 1.82) is 0 Å². The van der Waals surface area contributed by atoms with E-state index >= 15 is 0 Å². The highest BCUT2D eigenvalue weighted by Crippen LogP contribution is 2.42. The molecule has 136 valence electrons. The van der Waals surface area contributed by atoms with Gasteiger partial charge in [-0.25, -0.2) is 9.97 Å². The lowest BCUT2D eigenvalue weighted by molar-refractivity contribution is -0.116. The van der Waals surface area contributed by atoms with Gasteiger partial charge in [0.15, 0.2) is 17.3 Å². The van der Waals surface area contributed by atoms with Crippen LogP contribution in [0.5, 0.6) is 11.5 Å². The predicted molar refractivity (Wildman–Crippen MR) is 102 cm³/mol. The number of fused-ring (bicyclic) bond motifs is 1. The Morgan fingerprint density at radius 2 is 1.96 bits per heavy atom. The quantitative estimate of drug-likeness (QED) is 0.696. The molecule has 1 atom stereocenters. The number of rotatable bonds is 3. The number of phenols is 1. The van der Waals surface area contributed by atoms with Crippen molar-refractivity contribution < 1.29 is 14.6 Å². The van der Waals surface area contributed by atoms with Gasteiger partial charge in [0.05, 0.1) is 7.11 Å². The van der Waals surface area contributed by atoms with Crippen LogP contribution in [0.15, 0.2) is 48.8 Å². The molecule has 0 saturated heterocycles. The van der Waals surface area contributed by atoms with Gasteiger partial charge in [0.1, 0.15) is 0 Å². The molecule has 0 aliphatic carbocycles. The number of carbonyl (C=O) groups is 1. The van der Waals surface area contributed by atoms with Crippen LogP contribution < -0.4 is 10.1 Å². The third-order valence-corrected chi connectivity index (χ3v) is 4.74. The van der Waals surface area contributed by atoms with Gasteiger partial charge in [-0.1, -0.05) is 23.8 Å². The Bertz CT molecular complexity index is 1020. The lowest BCUT2D eigenvalue weighted by Gasteiger charge is -2.26. The molecule has 1 aliphatic heterocycles. The van der Waals surface area contributed by atoms with Crippen molar-refractivity contribution in [3.8, 4) is 22.9 Å². The Morgan fingerprint density at radius 1 is 1.19 bits per heavy atom. The summed E-state index contributed by atoms with van der Waals surface area (Å²) in [6, 6.07) is 11.3. The molecule has 2 heterocycles. The molecule has 0 bridgehead atoms. The van der Waals surface area contributed by atoms with Crippen LogP contribution in [0.25, 0.3) is 11.4 Å². The first-order valence-corrected chi connectivity index (χ1v) is 8.65. The fourth-order valence-electron chi connectivity index (χ4n) is 3.39. The highest BCUT2D eigenvalue weighted by atomic mass is 16.5. The zero-order valence-electron chi connectivity index (χ0n) is 15.1. The van der Waals surface area contributed by atoms with Gasteiger partial charge in [0, 0.05) is 42.0 Å². The number of phenolic OH excluding ortho intramolecular Hbond substituents is 1. The smallest absolute Gasteiger partial charge is 0.225 e. The van der Waals surface area contributed by atoms with E-state index in [-0.39, 0.29) is 24.0 Å². The van der Waals surface area contributed by atoms with E-state index in [2.05, 4.69) is 15.3 Å². The van der Waals surface area contributed by atoms with Crippen molar-refractivity contribution in [2.75, 3.05) is 12.4 Å². The lowest BCUT2D eigenvalue weighted by Crippen LogP contribution is -2.23. The third-order valence-electron chi connectivity index (χ3n) is 4.74. The van der Waals surface area contributed by atoms with Crippen LogP contribution in [0.3, 0.4) is 0 Å². The average molecular weight is 361 g/mol. The Kier molecular flexibility index (Phi) is 4.24. The summed E-state index contributed by atoms with van der Waals surface area (Å²) in [5, 5.41) is 13.0. The standard InChI is InChI=1S/C21H19N3O3/c1-12-4-3-5-13(6-12)21-22-10-14(11-23-21)15-8-20(26)24-17-9-19(27-2)18(25)7-16(15)17/h3-7,9-11,15,25H,8H2,1-2H3,(H,24,26). The zero-order valence-corrected chi connectivity index (χ0v) is 15.1. The topological polar surface area (TPSA) is 84.3 Å². The summed E-state index contributed by atoms with van der Waals surface area (Å²) in [5.41, 5.74) is 4.37. The monoisotopic (exact) mass is 361 g/mol. The number of nitrogens with zero attached hydrogens (tertiary/aromatic N) is 2. The maximum atomic E-state index is 12.2. The Balaban J connectivity index is 1.72. The minimum atomic E-state index is -0.225. The van der Waals surface area contributed by atoms with Crippen LogP contribution >= 0.6 is 0 Å². The van der Waals surface area contributed by atoms with Crippen molar-refractivity contribution in [3.05, 3.63) is 65.5 Å². The van der Waals surface area contributed by atoms with E-state index < -0.39 is 0 Å². The second kappa shape index (κ2) is 6.72. The summed E-state index contributed by atoms with van der Waals surface area (Å²) in [6.07, 6.45) is 3.77. The number of methoxy groups -OCH3 is 1. The molecule has 0 saturated carbocycles. The fraction of sp³-hybridized carbons (Fsp3) is 0.190. The predicted octanol–water partition coefficient (Wildman–Crippen LogP) is 3.64. The molecule has 2 N–H and O–H groups in total. The van der Waals surface area contributed by atoms with Crippen LogP contribution in [-0.2, 0) is 4.79 Å². The first kappa shape index (κ1) is 17.0. The summed E-state index contributed by atoms with van der Waals surface area (Å²) >= 11 is 0. The summed E-state index contributed by atoms with van der Waals surface area (Å²) in [7, 11) is 1.47. The molecule has 0 radical (unpaired) electrons. The normalized spacial score (nSPS) is 15.8. The number of hydrogen-bond acceptors (Lipinski definition) is 5. The number of nitrogens with one attached hydrogen (secondary N) is 1. The molecule has 0 spiro atoms. The van der Waals surface area contributed by atoms with Crippen LogP contribution in [0.2, 0.25) is 0 Å². The second-order valence-electron chi connectivity index (χ2n) is 6.63. The van der Waals surface area contributed by atoms with E-state index in [1.807, 2.05) is 31.2 Å². The van der Waals surface area contributed by atoms with E-state index in [0.29, 0.717) is 17.3 Å². The molecule has 2 aromatic carbocycles. The van der Waals surface area contributed by atoms with Crippen molar-refractivity contribution in [2.45, 2.75) is 19.3 Å². The van der Waals surface area contributed by atoms with Crippen molar-refractivity contribution in [1.82, 2.24) is 9.97 Å². The zero-order chi connectivity index (χ0) is 19.0. The molecule has 6 heteroatoms. The molecule has 4 rings (SSSR count). The molecule has 1 aromatic heterocycles. The molecule has 6 nitrogen and oxygen atoms in total. The molecule has 27 heavy (non-hydrogen) atoms. The average Bonchev–Trinajstić information content (AvgIpc) is 2.67. The summed E-state index contributed by atoms with van der Waals surface area (Å²) in [5.74, 6) is 0.677. The van der Waals surface area contributed by atoms with Gasteiger partial charge in [0.2, 0.25) is 5.91 Å². The number of hydrogen-bond donors (Lipinski definition) is 2. The molecule has 0 fully saturated rings. The largest absolute Gasteiger partial charge is 0.504 e. The number of ether oxygens (including phenoxy) is 1. The number of aryl methyl sites for hydroxylation is 1. The number of anilines is 1. The molecular formula is C21H19N3O3. The number of amides is 1. The van der Waals surface area contributed by atoms with Gasteiger partial charge in [-0.05, 0) is 30.2 Å². The van der Waals surface area contributed by atoms with Gasteiger partial charge in [-0.15, -0.1) is 0 Å². The minimum Gasteiger partial charge on any atom is -0.504 e. The Morgan fingerprint density at radius 3 is 2.67 bits per heavy atom. The number of carbonyl (C=O) groups excluding carboxylic acids is 1. The van der Waals surface area contributed by atoms with Crippen LogP contribution in [0.1, 0.15) is 29.0 Å². The molecular weight excluding hydrogens is 342 g/mol. The molecule has 1 aliphatic rings. The second-order valence-corrected chi connectivity index (χ2v) is 6.63.